The second-order valence-corrected chi connectivity index (χ2v) is 33.1. The lowest BCUT2D eigenvalue weighted by Crippen LogP contribution is -2.03. The van der Waals surface area contributed by atoms with E-state index in [2.05, 4.69) is 452 Å². The first kappa shape index (κ1) is 68.3. The van der Waals surface area contributed by atoms with E-state index in [1.165, 1.54) is 98.1 Å². The van der Waals surface area contributed by atoms with Gasteiger partial charge in [0.1, 0.15) is 0 Å². The van der Waals surface area contributed by atoms with Crippen LogP contribution in [0.4, 0.5) is 0 Å². The molecule has 0 saturated heterocycles. The van der Waals surface area contributed by atoms with E-state index < -0.39 is 0 Å². The number of para-hydroxylation sites is 9. The molecular weight excluding hydrogens is 1510 g/mol. The number of hydrogen-bond acceptors (Lipinski definition) is 2. The molecule has 124 heavy (non-hydrogen) atoms. The third-order valence-electron chi connectivity index (χ3n) is 26.5. The van der Waals surface area contributed by atoms with Gasteiger partial charge >= 0.3 is 0 Å². The maximum atomic E-state index is 6.00. The van der Waals surface area contributed by atoms with Gasteiger partial charge in [0.2, 0.25) is 0 Å². The van der Waals surface area contributed by atoms with Crippen molar-refractivity contribution in [3.63, 3.8) is 0 Å². The van der Waals surface area contributed by atoms with Crippen molar-refractivity contribution in [2.75, 3.05) is 0 Å². The van der Waals surface area contributed by atoms with Crippen LogP contribution in [-0.4, -0.2) is 37.4 Å². The van der Waals surface area contributed by atoms with Crippen molar-refractivity contribution in [2.24, 2.45) is 0 Å². The minimum Gasteiger partial charge on any atom is -0.309 e. The summed E-state index contributed by atoms with van der Waals surface area (Å²) in [6.07, 6.45) is 0. The van der Waals surface area contributed by atoms with Gasteiger partial charge < -0.3 is 27.4 Å². The second-order valence-electron chi connectivity index (χ2n) is 33.1. The summed E-state index contributed by atoms with van der Waals surface area (Å²) in [6, 6.07) is 157. The van der Waals surface area contributed by atoms with Crippen LogP contribution in [0.1, 0.15) is 0 Å². The van der Waals surface area contributed by atoms with Gasteiger partial charge in [-0.2, -0.15) is 0 Å². The lowest BCUT2D eigenvalue weighted by atomic mass is 9.99. The molecule has 0 bridgehead atoms. The van der Waals surface area contributed by atoms with Gasteiger partial charge in [-0.15, -0.1) is 0 Å². The molecular formula is C116H70N8. The van der Waals surface area contributed by atoms with Crippen molar-refractivity contribution in [1.82, 2.24) is 37.4 Å². The highest BCUT2D eigenvalue weighted by Crippen LogP contribution is 2.52. The zero-order valence-corrected chi connectivity index (χ0v) is 67.0. The Kier molecular flexibility index (Phi) is 14.5. The summed E-state index contributed by atoms with van der Waals surface area (Å²) >= 11 is 0. The molecule has 0 saturated carbocycles. The highest BCUT2D eigenvalue weighted by atomic mass is 15.0. The van der Waals surface area contributed by atoms with Crippen LogP contribution in [0.2, 0.25) is 0 Å². The molecule has 7 aromatic heterocycles. The van der Waals surface area contributed by atoms with Gasteiger partial charge in [0.05, 0.1) is 77.6 Å². The van der Waals surface area contributed by atoms with Crippen molar-refractivity contribution < 1.29 is 0 Å². The maximum Gasteiger partial charge on any atom is 0.160 e. The topological polar surface area (TPSA) is 55.4 Å². The molecule has 8 heteroatoms. The SMILES string of the molecule is c1ccc(-n2c3ccccc3c3cc(-c4ccc5c(c4)c4ccccc4n5-c4ccc(-c5nc(-c6cc(-n7c8ccccc8c8cc(-c9ccc%10c(c9)c9ccccc9n%10-c9ccccc9)ccc87)cc(-n7c8ccccc8c8cc(-c9ccc%10c(c9)c9ccccc9n%10-c9ccccc9)ccc87)c6)nc6c5-c5cccc7cccc-6c57)cc4)ccc32)cc1. The Balaban J connectivity index is 0.638. The molecule has 0 amide bonds. The monoisotopic (exact) mass is 1570 g/mol. The Morgan fingerprint density at radius 3 is 0.734 bits per heavy atom. The lowest BCUT2D eigenvalue weighted by Gasteiger charge is -2.17. The largest absolute Gasteiger partial charge is 0.309 e. The zero-order chi connectivity index (χ0) is 80.9. The van der Waals surface area contributed by atoms with Gasteiger partial charge in [-0.05, 0) is 226 Å². The van der Waals surface area contributed by atoms with Gasteiger partial charge in [-0.1, -0.05) is 249 Å². The third kappa shape index (κ3) is 10.1. The molecule has 27 rings (SSSR count). The summed E-state index contributed by atoms with van der Waals surface area (Å²) in [7, 11) is 0. The van der Waals surface area contributed by atoms with E-state index in [4.69, 9.17) is 9.97 Å². The summed E-state index contributed by atoms with van der Waals surface area (Å²) in [5.74, 6) is 0.629. The third-order valence-corrected chi connectivity index (χ3v) is 26.5. The minimum atomic E-state index is 0.629. The first-order valence-electron chi connectivity index (χ1n) is 42.6. The number of fused-ring (bicyclic) bond motifs is 21. The van der Waals surface area contributed by atoms with Gasteiger partial charge in [-0.25, -0.2) is 9.97 Å². The summed E-state index contributed by atoms with van der Waals surface area (Å²) in [5.41, 5.74) is 34.1. The van der Waals surface area contributed by atoms with E-state index in [1.54, 1.807) is 0 Å². The molecule has 7 heterocycles. The Morgan fingerprint density at radius 1 is 0.153 bits per heavy atom. The normalized spacial score (nSPS) is 12.2. The van der Waals surface area contributed by atoms with Crippen molar-refractivity contribution in [3.05, 3.63) is 425 Å². The Bertz CT molecular complexity index is 8740. The fourth-order valence-corrected chi connectivity index (χ4v) is 21.1. The van der Waals surface area contributed by atoms with E-state index in [1.807, 2.05) is 0 Å². The van der Waals surface area contributed by atoms with Gasteiger partial charge in [0.15, 0.2) is 5.82 Å². The Morgan fingerprint density at radius 2 is 0.411 bits per heavy atom. The second kappa shape index (κ2) is 26.4. The number of benzene rings is 19. The first-order valence-corrected chi connectivity index (χ1v) is 42.6. The van der Waals surface area contributed by atoms with Crippen LogP contribution in [0.25, 0.3) is 254 Å². The highest BCUT2D eigenvalue weighted by molar-refractivity contribution is 6.20. The summed E-state index contributed by atoms with van der Waals surface area (Å²) in [4.78, 5) is 11.9. The molecule has 1 aliphatic carbocycles. The highest BCUT2D eigenvalue weighted by Gasteiger charge is 2.31. The fourth-order valence-electron chi connectivity index (χ4n) is 21.1. The maximum absolute atomic E-state index is 6.00. The van der Waals surface area contributed by atoms with Crippen LogP contribution in [0.3, 0.4) is 0 Å². The van der Waals surface area contributed by atoms with E-state index in [-0.39, 0.29) is 0 Å². The Labute approximate surface area is 711 Å². The van der Waals surface area contributed by atoms with Crippen LogP contribution < -0.4 is 0 Å². The van der Waals surface area contributed by atoms with E-state index in [0.717, 1.165) is 150 Å². The van der Waals surface area contributed by atoms with Crippen LogP contribution in [-0.2, 0) is 0 Å². The number of rotatable bonds is 11. The van der Waals surface area contributed by atoms with Crippen molar-refractivity contribution >= 4 is 142 Å². The molecule has 0 spiro atoms. The van der Waals surface area contributed by atoms with Crippen molar-refractivity contribution in [2.45, 2.75) is 0 Å². The minimum absolute atomic E-state index is 0.629. The first-order chi connectivity index (χ1) is 61.5. The smallest absolute Gasteiger partial charge is 0.160 e. The molecule has 1 aliphatic rings. The number of hydrogen-bond donors (Lipinski definition) is 0. The average Bonchev–Trinajstić information content (AvgIpc) is 1.56. The molecule has 26 aromatic rings. The quantitative estimate of drug-likeness (QED) is 0.130. The van der Waals surface area contributed by atoms with Gasteiger partial charge in [-0.3, -0.25) is 0 Å². The summed E-state index contributed by atoms with van der Waals surface area (Å²) in [6.45, 7) is 0. The zero-order valence-electron chi connectivity index (χ0n) is 67.0. The van der Waals surface area contributed by atoms with E-state index in [0.29, 0.717) is 5.82 Å². The number of nitrogens with zero attached hydrogens (tertiary/aromatic N) is 8. The van der Waals surface area contributed by atoms with E-state index in [9.17, 15) is 0 Å². The molecule has 574 valence electrons. The molecule has 8 nitrogen and oxygen atoms in total. The summed E-state index contributed by atoms with van der Waals surface area (Å²) in [5, 5.41) is 16.7. The lowest BCUT2D eigenvalue weighted by molar-refractivity contribution is 1.12. The standard InChI is InChI=1S/C116H70N8/c1-4-26-80(27-5-1)119-100-40-16-10-32-86(100)94-64-73(48-56-106(94)119)76-51-59-109-97(67-76)89-35-13-19-43-103(89)122(109)83-54-46-72(47-55-83)114-113-92-38-22-24-71-25-23-39-93(112(71)92)115(113)118-116(117-114)79-62-84(123-104-44-20-14-36-90(104)98-68-77(52-60-110(98)123)74-49-57-107-95(65-74)87-33-11-17-41-101(87)120(107)81-28-6-2-7-29-81)70-85(63-79)124-105-45-21-15-37-91(105)99-69-78(53-61-111(99)124)75-50-58-108-96(66-75)88-34-12-18-42-102(88)121(108)82-30-8-3-9-31-82/h1-70H. The number of aromatic nitrogens is 8. The van der Waals surface area contributed by atoms with Crippen LogP contribution in [0, 0.1) is 0 Å². The molecule has 0 fully saturated rings. The molecule has 0 radical (unpaired) electrons. The molecule has 0 unspecified atom stereocenters. The Hall–Kier alpha value is -16.7. The molecule has 0 atom stereocenters. The van der Waals surface area contributed by atoms with Crippen LogP contribution in [0.15, 0.2) is 425 Å². The van der Waals surface area contributed by atoms with Crippen LogP contribution >= 0.6 is 0 Å². The van der Waals surface area contributed by atoms with Gasteiger partial charge in [0, 0.05) is 121 Å². The average molecular weight is 1580 g/mol. The van der Waals surface area contributed by atoms with Crippen LogP contribution in [0.5, 0.6) is 0 Å². The van der Waals surface area contributed by atoms with Crippen molar-refractivity contribution in [1.29, 1.82) is 0 Å². The van der Waals surface area contributed by atoms with E-state index >= 15 is 0 Å². The molecule has 0 N–H and O–H groups in total. The predicted octanol–water partition coefficient (Wildman–Crippen LogP) is 30.2. The molecule has 19 aromatic carbocycles. The predicted molar refractivity (Wildman–Crippen MR) is 517 cm³/mol. The fraction of sp³-hybridized carbons (Fsp3) is 0. The molecule has 0 aliphatic heterocycles. The van der Waals surface area contributed by atoms with Crippen molar-refractivity contribution in [3.8, 4) is 113 Å². The summed E-state index contributed by atoms with van der Waals surface area (Å²) < 4.78 is 14.5. The van der Waals surface area contributed by atoms with Gasteiger partial charge in [0.25, 0.3) is 0 Å².